The smallest absolute Gasteiger partial charge is 0.321 e. The Hall–Kier alpha value is -2.45. The van der Waals surface area contributed by atoms with E-state index >= 15 is 0 Å². The third-order valence-corrected chi connectivity index (χ3v) is 4.35. The lowest BCUT2D eigenvalue weighted by molar-refractivity contribution is 0.221. The zero-order valence-corrected chi connectivity index (χ0v) is 14.6. The van der Waals surface area contributed by atoms with E-state index in [2.05, 4.69) is 20.4 Å². The molecule has 3 heterocycles. The first kappa shape index (κ1) is 16.4. The van der Waals surface area contributed by atoms with Crippen molar-refractivity contribution in [3.63, 3.8) is 0 Å². The van der Waals surface area contributed by atoms with Crippen molar-refractivity contribution in [2.24, 2.45) is 0 Å². The number of rotatable bonds is 4. The second-order valence-electron chi connectivity index (χ2n) is 5.07. The number of thiophene rings is 1. The van der Waals surface area contributed by atoms with Crippen molar-refractivity contribution < 1.29 is 9.32 Å². The molecule has 2 amide bonds. The molecule has 3 aromatic heterocycles. The second-order valence-corrected chi connectivity index (χ2v) is 6.87. The molecule has 0 aromatic carbocycles. The fourth-order valence-corrected chi connectivity index (χ4v) is 3.10. The number of aromatic nitrogens is 3. The summed E-state index contributed by atoms with van der Waals surface area (Å²) in [6, 6.07) is 6.93. The van der Waals surface area contributed by atoms with Crippen LogP contribution in [0.25, 0.3) is 11.6 Å². The molecular weight excluding hydrogens is 350 g/mol. The van der Waals surface area contributed by atoms with Crippen molar-refractivity contribution in [1.82, 2.24) is 20.0 Å². The summed E-state index contributed by atoms with van der Waals surface area (Å²) < 4.78 is 5.75. The number of halogens is 1. The number of nitrogens with one attached hydrogen (secondary N) is 1. The van der Waals surface area contributed by atoms with Crippen LogP contribution >= 0.6 is 22.9 Å². The van der Waals surface area contributed by atoms with Gasteiger partial charge in [-0.25, -0.2) is 9.78 Å². The predicted molar refractivity (Wildman–Crippen MR) is 92.1 cm³/mol. The molecule has 0 aliphatic rings. The Morgan fingerprint density at radius 1 is 1.38 bits per heavy atom. The molecule has 124 valence electrons. The minimum absolute atomic E-state index is 0.234. The topological polar surface area (TPSA) is 84.2 Å². The van der Waals surface area contributed by atoms with Gasteiger partial charge in [0.05, 0.1) is 22.8 Å². The summed E-state index contributed by atoms with van der Waals surface area (Å²) in [4.78, 5) is 23.1. The molecule has 1 N–H and O–H groups in total. The van der Waals surface area contributed by atoms with Crippen molar-refractivity contribution in [2.45, 2.75) is 13.5 Å². The first-order chi connectivity index (χ1) is 11.5. The summed E-state index contributed by atoms with van der Waals surface area (Å²) in [5.74, 6) is 0.886. The van der Waals surface area contributed by atoms with E-state index < -0.39 is 0 Å². The molecular formula is C15H14ClN5O2S. The van der Waals surface area contributed by atoms with Crippen LogP contribution in [0.1, 0.15) is 10.7 Å². The predicted octanol–water partition coefficient (Wildman–Crippen LogP) is 3.82. The van der Waals surface area contributed by atoms with E-state index in [-0.39, 0.29) is 6.03 Å². The molecule has 3 aromatic rings. The van der Waals surface area contributed by atoms with Crippen molar-refractivity contribution in [1.29, 1.82) is 0 Å². The van der Waals surface area contributed by atoms with Gasteiger partial charge in [0, 0.05) is 11.9 Å². The van der Waals surface area contributed by atoms with Gasteiger partial charge in [0.2, 0.25) is 0 Å². The van der Waals surface area contributed by atoms with Gasteiger partial charge in [0.1, 0.15) is 5.69 Å². The Labute approximate surface area is 147 Å². The highest BCUT2D eigenvalue weighted by Gasteiger charge is 2.12. The molecule has 3 rings (SSSR count). The number of carbonyl (C=O) groups is 1. The molecule has 0 saturated carbocycles. The molecule has 0 spiro atoms. The molecule has 0 bridgehead atoms. The van der Waals surface area contributed by atoms with Crippen molar-refractivity contribution in [3.8, 4) is 11.6 Å². The first-order valence-electron chi connectivity index (χ1n) is 7.04. The largest absolute Gasteiger partial charge is 0.332 e. The molecule has 0 atom stereocenters. The Bertz CT molecular complexity index is 846. The minimum Gasteiger partial charge on any atom is -0.332 e. The van der Waals surface area contributed by atoms with Crippen molar-refractivity contribution >= 4 is 34.7 Å². The maximum absolute atomic E-state index is 12.2. The number of aryl methyl sites for hydroxylation is 1. The molecule has 0 radical (unpaired) electrons. The average molecular weight is 364 g/mol. The highest BCUT2D eigenvalue weighted by atomic mass is 35.5. The van der Waals surface area contributed by atoms with Gasteiger partial charge in [-0.1, -0.05) is 16.8 Å². The zero-order chi connectivity index (χ0) is 17.1. The maximum Gasteiger partial charge on any atom is 0.321 e. The normalized spacial score (nSPS) is 10.6. The van der Waals surface area contributed by atoms with Crippen molar-refractivity contribution in [2.75, 3.05) is 12.4 Å². The second kappa shape index (κ2) is 6.98. The Morgan fingerprint density at radius 3 is 2.79 bits per heavy atom. The van der Waals surface area contributed by atoms with Gasteiger partial charge in [0.25, 0.3) is 5.89 Å². The van der Waals surface area contributed by atoms with Crippen LogP contribution in [0.5, 0.6) is 0 Å². The number of anilines is 1. The fourth-order valence-electron chi connectivity index (χ4n) is 1.96. The van der Waals surface area contributed by atoms with E-state index in [1.165, 1.54) is 11.3 Å². The minimum atomic E-state index is -0.234. The fraction of sp³-hybridized carbons (Fsp3) is 0.200. The van der Waals surface area contributed by atoms with Gasteiger partial charge in [0.15, 0.2) is 5.82 Å². The van der Waals surface area contributed by atoms with Crippen LogP contribution < -0.4 is 5.32 Å². The van der Waals surface area contributed by atoms with Crippen LogP contribution in [0.3, 0.4) is 0 Å². The number of carbonyl (C=O) groups excluding carboxylic acids is 1. The van der Waals surface area contributed by atoms with Crippen LogP contribution in [0.4, 0.5) is 10.5 Å². The summed E-state index contributed by atoms with van der Waals surface area (Å²) >= 11 is 7.34. The molecule has 0 unspecified atom stereocenters. The van der Waals surface area contributed by atoms with Crippen molar-refractivity contribution in [3.05, 3.63) is 45.5 Å². The lowest BCUT2D eigenvalue weighted by Gasteiger charge is -2.17. The molecule has 0 aliphatic carbocycles. The highest BCUT2D eigenvalue weighted by molar-refractivity contribution is 7.16. The third-order valence-electron chi connectivity index (χ3n) is 3.13. The Kier molecular flexibility index (Phi) is 4.77. The maximum atomic E-state index is 12.2. The first-order valence-corrected chi connectivity index (χ1v) is 8.24. The molecule has 7 nitrogen and oxygen atoms in total. The summed E-state index contributed by atoms with van der Waals surface area (Å²) in [5.41, 5.74) is 1.13. The number of urea groups is 1. The van der Waals surface area contributed by atoms with Gasteiger partial charge in [-0.15, -0.1) is 11.3 Å². The lowest BCUT2D eigenvalue weighted by atomic mass is 10.3. The van der Waals surface area contributed by atoms with E-state index in [1.54, 1.807) is 37.2 Å². The number of hydrogen-bond acceptors (Lipinski definition) is 6. The molecule has 9 heteroatoms. The summed E-state index contributed by atoms with van der Waals surface area (Å²) in [6.07, 6.45) is 1.54. The molecule has 0 aliphatic heterocycles. The van der Waals surface area contributed by atoms with Gasteiger partial charge in [-0.05, 0) is 31.2 Å². The van der Waals surface area contributed by atoms with Crippen LogP contribution in [0.2, 0.25) is 4.34 Å². The number of amides is 2. The quantitative estimate of drug-likeness (QED) is 0.761. The zero-order valence-electron chi connectivity index (χ0n) is 13.0. The van der Waals surface area contributed by atoms with E-state index in [1.807, 2.05) is 12.1 Å². The number of hydrogen-bond donors (Lipinski definition) is 1. The van der Waals surface area contributed by atoms with E-state index in [9.17, 15) is 4.79 Å². The van der Waals surface area contributed by atoms with E-state index in [4.69, 9.17) is 16.1 Å². The standard InChI is InChI=1S/C15H14ClN5O2S/c1-9-18-14(23-20-9)12-5-3-10(7-17-12)19-15(22)21(2)8-11-4-6-13(16)24-11/h3-7H,8H2,1-2H3,(H,19,22). The number of pyridine rings is 1. The van der Waals surface area contributed by atoms with Gasteiger partial charge < -0.3 is 14.7 Å². The SMILES string of the molecule is Cc1noc(-c2ccc(NC(=O)N(C)Cc3ccc(Cl)s3)cn2)n1. The monoisotopic (exact) mass is 363 g/mol. The Balaban J connectivity index is 1.61. The highest BCUT2D eigenvalue weighted by Crippen LogP contribution is 2.22. The van der Waals surface area contributed by atoms with Crippen LogP contribution in [-0.2, 0) is 6.54 Å². The molecule has 0 saturated heterocycles. The van der Waals surface area contributed by atoms with Crippen LogP contribution in [0.15, 0.2) is 35.0 Å². The van der Waals surface area contributed by atoms with Crippen LogP contribution in [0, 0.1) is 6.92 Å². The average Bonchev–Trinajstić information content (AvgIpc) is 3.16. The van der Waals surface area contributed by atoms with Gasteiger partial charge >= 0.3 is 6.03 Å². The summed E-state index contributed by atoms with van der Waals surface area (Å²) in [6.45, 7) is 2.22. The van der Waals surface area contributed by atoms with Gasteiger partial charge in [-0.3, -0.25) is 0 Å². The van der Waals surface area contributed by atoms with Gasteiger partial charge in [-0.2, -0.15) is 4.98 Å². The molecule has 0 fully saturated rings. The Morgan fingerprint density at radius 2 is 2.21 bits per heavy atom. The van der Waals surface area contributed by atoms with E-state index in [0.717, 1.165) is 4.88 Å². The summed E-state index contributed by atoms with van der Waals surface area (Å²) in [7, 11) is 1.71. The summed E-state index contributed by atoms with van der Waals surface area (Å²) in [5, 5.41) is 6.50. The third kappa shape index (κ3) is 3.90. The number of nitrogens with zero attached hydrogens (tertiary/aromatic N) is 4. The molecule has 24 heavy (non-hydrogen) atoms. The van der Waals surface area contributed by atoms with E-state index in [0.29, 0.717) is 34.0 Å². The van der Waals surface area contributed by atoms with Crippen LogP contribution in [-0.4, -0.2) is 33.1 Å². The lowest BCUT2D eigenvalue weighted by Crippen LogP contribution is -2.30.